The first-order valence-corrected chi connectivity index (χ1v) is 6.97. The van der Waals surface area contributed by atoms with Crippen LogP contribution in [0.2, 0.25) is 0 Å². The largest absolute Gasteiger partial charge is 0.382 e. The fraction of sp³-hybridized carbons (Fsp3) is 1.00. The fourth-order valence-electron chi connectivity index (χ4n) is 1.51. The molecule has 0 aliphatic carbocycles. The van der Waals surface area contributed by atoms with E-state index in [1.54, 1.807) is 7.11 Å². The van der Waals surface area contributed by atoms with Crippen LogP contribution >= 0.6 is 0 Å². The van der Waals surface area contributed by atoms with Crippen molar-refractivity contribution < 1.29 is 17.9 Å². The number of rotatable bonds is 8. The topological polar surface area (TPSA) is 76.7 Å². The molecule has 0 radical (unpaired) electrons. The fourth-order valence-corrected chi connectivity index (χ4v) is 2.88. The first-order valence-electron chi connectivity index (χ1n) is 5.42. The maximum atomic E-state index is 11.7. The van der Waals surface area contributed by atoms with E-state index in [0.717, 1.165) is 6.54 Å². The average molecular weight is 252 g/mol. The van der Waals surface area contributed by atoms with Gasteiger partial charge in [-0.05, 0) is 13.0 Å². The zero-order valence-corrected chi connectivity index (χ0v) is 10.4. The number of hydrogen-bond acceptors (Lipinski definition) is 5. The molecule has 1 heterocycles. The number of nitrogens with one attached hydrogen (secondary N) is 2. The van der Waals surface area contributed by atoms with E-state index in [9.17, 15) is 8.42 Å². The van der Waals surface area contributed by atoms with Crippen LogP contribution in [0.3, 0.4) is 0 Å². The first-order chi connectivity index (χ1) is 7.67. The Balaban J connectivity index is 2.11. The number of methoxy groups -OCH3 is 1. The highest BCUT2D eigenvalue weighted by atomic mass is 32.2. The lowest BCUT2D eigenvalue weighted by Gasteiger charge is -2.11. The molecule has 0 amide bonds. The van der Waals surface area contributed by atoms with Crippen LogP contribution in [0.1, 0.15) is 6.42 Å². The van der Waals surface area contributed by atoms with Crippen LogP contribution < -0.4 is 10.0 Å². The highest BCUT2D eigenvalue weighted by Gasteiger charge is 2.27. The molecule has 0 aromatic heterocycles. The van der Waals surface area contributed by atoms with E-state index in [0.29, 0.717) is 39.3 Å². The molecule has 96 valence electrons. The molecule has 7 heteroatoms. The molecule has 6 nitrogen and oxygen atoms in total. The number of sulfonamides is 1. The summed E-state index contributed by atoms with van der Waals surface area (Å²) in [6.07, 6.45) is 0.680. The van der Waals surface area contributed by atoms with Gasteiger partial charge in [-0.1, -0.05) is 0 Å². The molecule has 0 aromatic carbocycles. The van der Waals surface area contributed by atoms with Crippen molar-refractivity contribution in [1.82, 2.24) is 10.0 Å². The Bertz CT molecular complexity index is 275. The van der Waals surface area contributed by atoms with Crippen molar-refractivity contribution in [3.05, 3.63) is 0 Å². The highest BCUT2D eigenvalue weighted by Crippen LogP contribution is 2.07. The van der Waals surface area contributed by atoms with Crippen LogP contribution in [0.15, 0.2) is 0 Å². The molecule has 2 N–H and O–H groups in total. The normalized spacial score (nSPS) is 21.4. The summed E-state index contributed by atoms with van der Waals surface area (Å²) in [4.78, 5) is 0. The van der Waals surface area contributed by atoms with E-state index in [1.165, 1.54) is 0 Å². The molecule has 0 bridgehead atoms. The van der Waals surface area contributed by atoms with Crippen LogP contribution in [-0.2, 0) is 19.5 Å². The molecule has 0 saturated carbocycles. The molecule has 1 aliphatic heterocycles. The maximum absolute atomic E-state index is 11.7. The molecule has 0 spiro atoms. The van der Waals surface area contributed by atoms with Gasteiger partial charge >= 0.3 is 0 Å². The first kappa shape index (κ1) is 13.9. The highest BCUT2D eigenvalue weighted by molar-refractivity contribution is 7.90. The Morgan fingerprint density at radius 1 is 1.38 bits per heavy atom. The van der Waals surface area contributed by atoms with E-state index < -0.39 is 10.0 Å². The second-order valence-corrected chi connectivity index (χ2v) is 5.70. The molecule has 1 unspecified atom stereocenters. The van der Waals surface area contributed by atoms with Gasteiger partial charge in [-0.2, -0.15) is 0 Å². The van der Waals surface area contributed by atoms with Gasteiger partial charge in [0.1, 0.15) is 0 Å². The van der Waals surface area contributed by atoms with Gasteiger partial charge in [-0.15, -0.1) is 0 Å². The van der Waals surface area contributed by atoms with Crippen LogP contribution in [0, 0.1) is 0 Å². The number of hydrogen-bond donors (Lipinski definition) is 2. The summed E-state index contributed by atoms with van der Waals surface area (Å²) in [6, 6.07) is 0. The van der Waals surface area contributed by atoms with Crippen molar-refractivity contribution in [2.75, 3.05) is 46.6 Å². The summed E-state index contributed by atoms with van der Waals surface area (Å²) in [5.74, 6) is 0. The zero-order valence-electron chi connectivity index (χ0n) is 9.57. The maximum Gasteiger partial charge on any atom is 0.215 e. The van der Waals surface area contributed by atoms with E-state index in [1.807, 2.05) is 0 Å². The van der Waals surface area contributed by atoms with Crippen molar-refractivity contribution >= 4 is 10.0 Å². The Morgan fingerprint density at radius 2 is 2.19 bits per heavy atom. The molecule has 1 rings (SSSR count). The summed E-state index contributed by atoms with van der Waals surface area (Å²) < 4.78 is 35.9. The van der Waals surface area contributed by atoms with Crippen molar-refractivity contribution in [3.8, 4) is 0 Å². The third kappa shape index (κ3) is 4.75. The molecule has 1 fully saturated rings. The third-order valence-electron chi connectivity index (χ3n) is 2.44. The van der Waals surface area contributed by atoms with Crippen LogP contribution in [0.5, 0.6) is 0 Å². The Hall–Kier alpha value is -0.210. The minimum absolute atomic E-state index is 0.300. The van der Waals surface area contributed by atoms with Gasteiger partial charge in [0, 0.05) is 20.2 Å². The SMILES string of the molecule is COCCOCCNS(=O)(=O)C1CCNC1. The Kier molecular flexibility index (Phi) is 6.22. The summed E-state index contributed by atoms with van der Waals surface area (Å²) in [5, 5.41) is 2.73. The lowest BCUT2D eigenvalue weighted by molar-refractivity contribution is 0.0736. The van der Waals surface area contributed by atoms with E-state index in [4.69, 9.17) is 9.47 Å². The molecule has 16 heavy (non-hydrogen) atoms. The second-order valence-electron chi connectivity index (χ2n) is 3.66. The molecule has 1 aliphatic rings. The summed E-state index contributed by atoms with van der Waals surface area (Å²) in [7, 11) is -1.58. The van der Waals surface area contributed by atoms with Crippen molar-refractivity contribution in [2.24, 2.45) is 0 Å². The number of ether oxygens (including phenoxy) is 2. The molecular weight excluding hydrogens is 232 g/mol. The van der Waals surface area contributed by atoms with Crippen LogP contribution in [-0.4, -0.2) is 60.2 Å². The zero-order chi connectivity index (χ0) is 11.9. The van der Waals surface area contributed by atoms with Gasteiger partial charge in [0.2, 0.25) is 10.0 Å². The molecular formula is C9H20N2O4S. The van der Waals surface area contributed by atoms with E-state index in [-0.39, 0.29) is 5.25 Å². The lowest BCUT2D eigenvalue weighted by Crippen LogP contribution is -2.37. The average Bonchev–Trinajstić information content (AvgIpc) is 2.77. The van der Waals surface area contributed by atoms with Gasteiger partial charge in [0.25, 0.3) is 0 Å². The Labute approximate surface area is 96.7 Å². The van der Waals surface area contributed by atoms with Crippen molar-refractivity contribution in [1.29, 1.82) is 0 Å². The lowest BCUT2D eigenvalue weighted by atomic mass is 10.4. The van der Waals surface area contributed by atoms with Gasteiger partial charge in [0.05, 0.1) is 25.1 Å². The summed E-state index contributed by atoms with van der Waals surface area (Å²) in [5.41, 5.74) is 0. The van der Waals surface area contributed by atoms with E-state index in [2.05, 4.69) is 10.0 Å². The minimum Gasteiger partial charge on any atom is -0.382 e. The van der Waals surface area contributed by atoms with Crippen LogP contribution in [0.4, 0.5) is 0 Å². The van der Waals surface area contributed by atoms with Gasteiger partial charge in [0.15, 0.2) is 0 Å². The van der Waals surface area contributed by atoms with Gasteiger partial charge in [-0.25, -0.2) is 13.1 Å². The quantitative estimate of drug-likeness (QED) is 0.538. The molecule has 0 aromatic rings. The minimum atomic E-state index is -3.18. The monoisotopic (exact) mass is 252 g/mol. The predicted octanol–water partition coefficient (Wildman–Crippen LogP) is -1.07. The predicted molar refractivity (Wildman–Crippen MR) is 60.9 cm³/mol. The van der Waals surface area contributed by atoms with Crippen molar-refractivity contribution in [3.63, 3.8) is 0 Å². The van der Waals surface area contributed by atoms with Gasteiger partial charge in [-0.3, -0.25) is 0 Å². The Morgan fingerprint density at radius 3 is 2.81 bits per heavy atom. The smallest absolute Gasteiger partial charge is 0.215 e. The third-order valence-corrected chi connectivity index (χ3v) is 4.32. The standard InChI is InChI=1S/C9H20N2O4S/c1-14-6-7-15-5-4-11-16(12,13)9-2-3-10-8-9/h9-11H,2-8H2,1H3. The second kappa shape index (κ2) is 7.18. The van der Waals surface area contributed by atoms with Crippen molar-refractivity contribution in [2.45, 2.75) is 11.7 Å². The van der Waals surface area contributed by atoms with Gasteiger partial charge < -0.3 is 14.8 Å². The van der Waals surface area contributed by atoms with Crippen LogP contribution in [0.25, 0.3) is 0 Å². The van der Waals surface area contributed by atoms with E-state index >= 15 is 0 Å². The molecule has 1 saturated heterocycles. The molecule has 1 atom stereocenters. The summed E-state index contributed by atoms with van der Waals surface area (Å²) >= 11 is 0. The summed E-state index contributed by atoms with van der Waals surface area (Å²) in [6.45, 7) is 3.03.